The Hall–Kier alpha value is -1.13. The first-order valence-electron chi connectivity index (χ1n) is 4.42. The number of nitrogens with zero attached hydrogens (tertiary/aromatic N) is 3. The van der Waals surface area contributed by atoms with Crippen molar-refractivity contribution in [1.82, 2.24) is 9.97 Å². The molecule has 78 valence electrons. The first kappa shape index (κ1) is 10.4. The minimum atomic E-state index is 0.545. The fourth-order valence-corrected chi connectivity index (χ4v) is 2.47. The molecule has 0 saturated heterocycles. The minimum absolute atomic E-state index is 0.545. The van der Waals surface area contributed by atoms with Gasteiger partial charge >= 0.3 is 0 Å². The fourth-order valence-electron chi connectivity index (χ4n) is 1.18. The lowest BCUT2D eigenvalue weighted by molar-refractivity contribution is 1.15. The van der Waals surface area contributed by atoms with Gasteiger partial charge < -0.3 is 4.90 Å². The summed E-state index contributed by atoms with van der Waals surface area (Å²) >= 11 is 7.59. The maximum atomic E-state index is 6.03. The highest BCUT2D eigenvalue weighted by molar-refractivity contribution is 7.19. The van der Waals surface area contributed by atoms with E-state index in [9.17, 15) is 0 Å². The van der Waals surface area contributed by atoms with Crippen LogP contribution in [0, 0.1) is 0 Å². The number of aromatic nitrogens is 2. The second kappa shape index (κ2) is 4.16. The molecule has 0 saturated carbocycles. The molecule has 15 heavy (non-hydrogen) atoms. The molecule has 0 amide bonds. The molecule has 0 fully saturated rings. The second-order valence-electron chi connectivity index (χ2n) is 3.25. The molecular formula is C10H10ClN3S. The minimum Gasteiger partial charge on any atom is -0.367 e. The number of anilines is 1. The quantitative estimate of drug-likeness (QED) is 0.807. The monoisotopic (exact) mass is 239 g/mol. The van der Waals surface area contributed by atoms with E-state index < -0.39 is 0 Å². The van der Waals surface area contributed by atoms with Crippen molar-refractivity contribution < 1.29 is 0 Å². The molecule has 2 rings (SSSR count). The van der Waals surface area contributed by atoms with E-state index in [0.29, 0.717) is 5.15 Å². The van der Waals surface area contributed by atoms with Gasteiger partial charge in [-0.05, 0) is 12.1 Å². The number of pyridine rings is 1. The van der Waals surface area contributed by atoms with Crippen molar-refractivity contribution >= 4 is 27.9 Å². The summed E-state index contributed by atoms with van der Waals surface area (Å²) in [5, 5.41) is 2.41. The van der Waals surface area contributed by atoms with E-state index in [1.165, 1.54) is 0 Å². The molecule has 0 aromatic carbocycles. The first-order chi connectivity index (χ1) is 7.18. The zero-order valence-electron chi connectivity index (χ0n) is 8.44. The predicted molar refractivity (Wildman–Crippen MR) is 64.7 cm³/mol. The summed E-state index contributed by atoms with van der Waals surface area (Å²) in [5.74, 6) is 0. The Morgan fingerprint density at radius 2 is 2.20 bits per heavy atom. The SMILES string of the molecule is CN(C)c1sc(-c2cccnc2)nc1Cl. The highest BCUT2D eigenvalue weighted by Gasteiger charge is 2.11. The van der Waals surface area contributed by atoms with Gasteiger partial charge in [-0.1, -0.05) is 22.9 Å². The molecule has 2 heterocycles. The van der Waals surface area contributed by atoms with Crippen LogP contribution in [0.3, 0.4) is 0 Å². The lowest BCUT2D eigenvalue weighted by Gasteiger charge is -2.07. The normalized spacial score (nSPS) is 10.3. The van der Waals surface area contributed by atoms with E-state index in [4.69, 9.17) is 11.6 Å². The van der Waals surface area contributed by atoms with Gasteiger partial charge in [-0.15, -0.1) is 0 Å². The van der Waals surface area contributed by atoms with Crippen molar-refractivity contribution in [2.24, 2.45) is 0 Å². The molecule has 2 aromatic rings. The number of hydrogen-bond acceptors (Lipinski definition) is 4. The van der Waals surface area contributed by atoms with Crippen LogP contribution in [0.4, 0.5) is 5.00 Å². The Morgan fingerprint density at radius 1 is 1.40 bits per heavy atom. The Kier molecular flexibility index (Phi) is 2.88. The van der Waals surface area contributed by atoms with Gasteiger partial charge in [-0.2, -0.15) is 0 Å². The lowest BCUT2D eigenvalue weighted by Crippen LogP contribution is -2.06. The van der Waals surface area contributed by atoms with Crippen LogP contribution < -0.4 is 4.90 Å². The zero-order valence-corrected chi connectivity index (χ0v) is 10.0. The van der Waals surface area contributed by atoms with Gasteiger partial charge in [-0.25, -0.2) is 4.98 Å². The molecule has 0 aliphatic heterocycles. The standard InChI is InChI=1S/C10H10ClN3S/c1-14(2)10-8(11)13-9(15-10)7-4-3-5-12-6-7/h3-6H,1-2H3. The summed E-state index contributed by atoms with van der Waals surface area (Å²) < 4.78 is 0. The van der Waals surface area contributed by atoms with E-state index in [0.717, 1.165) is 15.6 Å². The van der Waals surface area contributed by atoms with Crippen LogP contribution in [0.5, 0.6) is 0 Å². The molecule has 0 aliphatic carbocycles. The van der Waals surface area contributed by atoms with Crippen molar-refractivity contribution in [3.63, 3.8) is 0 Å². The maximum absolute atomic E-state index is 6.03. The Bertz CT molecular complexity index is 453. The van der Waals surface area contributed by atoms with E-state index >= 15 is 0 Å². The molecule has 2 aromatic heterocycles. The molecule has 3 nitrogen and oxygen atoms in total. The van der Waals surface area contributed by atoms with Gasteiger partial charge in [0.1, 0.15) is 10.0 Å². The summed E-state index contributed by atoms with van der Waals surface area (Å²) in [4.78, 5) is 10.3. The molecule has 5 heteroatoms. The molecule has 0 N–H and O–H groups in total. The second-order valence-corrected chi connectivity index (χ2v) is 4.59. The van der Waals surface area contributed by atoms with E-state index in [1.54, 1.807) is 23.7 Å². The van der Waals surface area contributed by atoms with Crippen LogP contribution >= 0.6 is 22.9 Å². The molecule has 0 atom stereocenters. The summed E-state index contributed by atoms with van der Waals surface area (Å²) in [6, 6.07) is 3.86. The molecule has 0 aliphatic rings. The van der Waals surface area contributed by atoms with Crippen LogP contribution in [-0.4, -0.2) is 24.1 Å². The summed E-state index contributed by atoms with van der Waals surface area (Å²) in [6.45, 7) is 0. The summed E-state index contributed by atoms with van der Waals surface area (Å²) in [5.41, 5.74) is 0.998. The van der Waals surface area contributed by atoms with Crippen LogP contribution in [0.2, 0.25) is 5.15 Å². The molecule has 0 radical (unpaired) electrons. The number of halogens is 1. The van der Waals surface area contributed by atoms with Gasteiger partial charge in [0.2, 0.25) is 0 Å². The molecule has 0 spiro atoms. The zero-order chi connectivity index (χ0) is 10.8. The highest BCUT2D eigenvalue weighted by Crippen LogP contribution is 2.35. The molecule has 0 bridgehead atoms. The van der Waals surface area contributed by atoms with Gasteiger partial charge in [-0.3, -0.25) is 4.98 Å². The maximum Gasteiger partial charge on any atom is 0.164 e. The highest BCUT2D eigenvalue weighted by atomic mass is 35.5. The van der Waals surface area contributed by atoms with Gasteiger partial charge in [0.25, 0.3) is 0 Å². The largest absolute Gasteiger partial charge is 0.367 e. The third kappa shape index (κ3) is 2.11. The summed E-state index contributed by atoms with van der Waals surface area (Å²) in [7, 11) is 3.90. The Labute approximate surface area is 97.4 Å². The smallest absolute Gasteiger partial charge is 0.164 e. The van der Waals surface area contributed by atoms with Gasteiger partial charge in [0.05, 0.1) is 0 Å². The lowest BCUT2D eigenvalue weighted by atomic mass is 10.3. The van der Waals surface area contributed by atoms with E-state index in [-0.39, 0.29) is 0 Å². The average Bonchev–Trinajstić information content (AvgIpc) is 2.62. The first-order valence-corrected chi connectivity index (χ1v) is 5.62. The van der Waals surface area contributed by atoms with E-state index in [2.05, 4.69) is 9.97 Å². The van der Waals surface area contributed by atoms with Crippen LogP contribution in [0.25, 0.3) is 10.6 Å². The average molecular weight is 240 g/mol. The number of hydrogen-bond donors (Lipinski definition) is 0. The molecular weight excluding hydrogens is 230 g/mol. The third-order valence-electron chi connectivity index (χ3n) is 1.88. The molecule has 0 unspecified atom stereocenters. The van der Waals surface area contributed by atoms with Crippen molar-refractivity contribution in [2.75, 3.05) is 19.0 Å². The predicted octanol–water partition coefficient (Wildman–Crippen LogP) is 2.92. The number of rotatable bonds is 2. The topological polar surface area (TPSA) is 29.0 Å². The van der Waals surface area contributed by atoms with Crippen molar-refractivity contribution in [1.29, 1.82) is 0 Å². The van der Waals surface area contributed by atoms with E-state index in [1.807, 2.05) is 31.1 Å². The fraction of sp³-hybridized carbons (Fsp3) is 0.200. The van der Waals surface area contributed by atoms with Gasteiger partial charge in [0, 0.05) is 32.1 Å². The third-order valence-corrected chi connectivity index (χ3v) is 3.53. The van der Waals surface area contributed by atoms with Crippen molar-refractivity contribution in [2.45, 2.75) is 0 Å². The van der Waals surface area contributed by atoms with Crippen molar-refractivity contribution in [3.8, 4) is 10.6 Å². The number of thiazole rings is 1. The van der Waals surface area contributed by atoms with Crippen LogP contribution in [-0.2, 0) is 0 Å². The van der Waals surface area contributed by atoms with Crippen LogP contribution in [0.15, 0.2) is 24.5 Å². The van der Waals surface area contributed by atoms with Gasteiger partial charge in [0.15, 0.2) is 5.15 Å². The van der Waals surface area contributed by atoms with Crippen LogP contribution in [0.1, 0.15) is 0 Å². The summed E-state index contributed by atoms with van der Waals surface area (Å²) in [6.07, 6.45) is 3.53. The Balaban J connectivity index is 2.43. The van der Waals surface area contributed by atoms with Crippen molar-refractivity contribution in [3.05, 3.63) is 29.7 Å². The Morgan fingerprint density at radius 3 is 2.73 bits per heavy atom.